The van der Waals surface area contributed by atoms with Crippen molar-refractivity contribution < 1.29 is 13.2 Å². The summed E-state index contributed by atoms with van der Waals surface area (Å²) in [5.74, 6) is 0. The smallest absolute Gasteiger partial charge is 0.224 e. The summed E-state index contributed by atoms with van der Waals surface area (Å²) in [6, 6.07) is 0. The van der Waals surface area contributed by atoms with E-state index in [0.29, 0.717) is 0 Å². The van der Waals surface area contributed by atoms with Gasteiger partial charge in [-0.05, 0) is 0 Å². The van der Waals surface area contributed by atoms with Crippen LogP contribution in [-0.2, 0) is 0 Å². The minimum Gasteiger partial charge on any atom is -0.224 e. The van der Waals surface area contributed by atoms with E-state index in [9.17, 15) is 13.2 Å². The first-order chi connectivity index (χ1) is 4.61. The summed E-state index contributed by atoms with van der Waals surface area (Å²) in [4.78, 5) is 0. The molecule has 55 valence electrons. The maximum atomic E-state index is 11.8. The van der Waals surface area contributed by atoms with Crippen molar-refractivity contribution in [2.75, 3.05) is 0 Å². The van der Waals surface area contributed by atoms with Crippen LogP contribution < -0.4 is 0 Å². The average Bonchev–Trinajstić information content (AvgIpc) is 1.88. The Bertz CT molecular complexity index is 174. The Morgan fingerprint density at radius 1 is 1.30 bits per heavy atom. The normalized spacial score (nSPS) is 18.1. The molecule has 0 saturated heterocycles. The Morgan fingerprint density at radius 3 is 2.30 bits per heavy atom. The van der Waals surface area contributed by atoms with Crippen LogP contribution in [-0.4, -0.2) is 6.18 Å². The highest BCUT2D eigenvalue weighted by molar-refractivity contribution is 5.35. The Balaban J connectivity index is 2.73. The lowest BCUT2D eigenvalue weighted by Crippen LogP contribution is -2.11. The van der Waals surface area contributed by atoms with Crippen LogP contribution in [0.4, 0.5) is 13.2 Å². The van der Waals surface area contributed by atoms with E-state index in [4.69, 9.17) is 0 Å². The molecule has 0 aromatic heterocycles. The maximum Gasteiger partial charge on any atom is 0.349 e. The summed E-state index contributed by atoms with van der Waals surface area (Å²) in [6.45, 7) is 0. The van der Waals surface area contributed by atoms with Crippen LogP contribution in [0.25, 0.3) is 0 Å². The molecule has 0 saturated carbocycles. The topological polar surface area (TPSA) is 0 Å². The molecule has 1 radical (unpaired) electrons. The highest BCUT2D eigenvalue weighted by Gasteiger charge is 2.24. The highest BCUT2D eigenvalue weighted by Crippen LogP contribution is 2.28. The summed E-state index contributed by atoms with van der Waals surface area (Å²) in [7, 11) is 0. The molecule has 0 nitrogen and oxygen atoms in total. The van der Waals surface area contributed by atoms with Gasteiger partial charge >= 0.3 is 6.18 Å². The fraction of sp³-hybridized carbons (Fsp3) is 0.143. The lowest BCUT2D eigenvalue weighted by molar-refractivity contribution is -0.0883. The zero-order valence-electron chi connectivity index (χ0n) is 5.02. The van der Waals surface area contributed by atoms with Crippen LogP contribution in [0, 0.1) is 12.8 Å². The summed E-state index contributed by atoms with van der Waals surface area (Å²) in [5, 5.41) is 0. The molecule has 0 amide bonds. The molecule has 1 rings (SSSR count). The van der Waals surface area contributed by atoms with Crippen molar-refractivity contribution in [1.29, 1.82) is 0 Å². The maximum absolute atomic E-state index is 11.8. The quantitative estimate of drug-likeness (QED) is 0.460. The predicted molar refractivity (Wildman–Crippen MR) is 31.9 cm³/mol. The van der Waals surface area contributed by atoms with Gasteiger partial charge in [-0.15, -0.1) is 12.2 Å². The largest absolute Gasteiger partial charge is 0.349 e. The van der Waals surface area contributed by atoms with Gasteiger partial charge in [0.2, 0.25) is 0 Å². The molecule has 3 heteroatoms. The molecular weight excluding hydrogens is 141 g/mol. The second kappa shape index (κ2) is 2.40. The van der Waals surface area contributed by atoms with Gasteiger partial charge in [0.15, 0.2) is 0 Å². The third-order valence-electron chi connectivity index (χ3n) is 1.10. The van der Waals surface area contributed by atoms with Crippen molar-refractivity contribution in [3.05, 3.63) is 36.6 Å². The van der Waals surface area contributed by atoms with Crippen molar-refractivity contribution in [2.24, 2.45) is 0 Å². The van der Waals surface area contributed by atoms with Crippen LogP contribution in [0.2, 0.25) is 0 Å². The Hall–Kier alpha value is -0.860. The van der Waals surface area contributed by atoms with E-state index in [1.807, 2.05) is 0 Å². The minimum atomic E-state index is -4.21. The van der Waals surface area contributed by atoms with E-state index in [-0.39, 0.29) is 0 Å². The van der Waals surface area contributed by atoms with E-state index in [1.54, 1.807) is 6.42 Å². The summed E-state index contributed by atoms with van der Waals surface area (Å²) < 4.78 is 35.4. The Labute approximate surface area is 57.0 Å². The monoisotopic (exact) mass is 146 g/mol. The fourth-order valence-electron chi connectivity index (χ4n) is 0.627. The number of allylic oxidation sites excluding steroid dienone is 4. The first-order valence-electron chi connectivity index (χ1n) is 2.73. The van der Waals surface area contributed by atoms with Crippen molar-refractivity contribution in [3.8, 4) is 0 Å². The van der Waals surface area contributed by atoms with E-state index < -0.39 is 11.7 Å². The lowest BCUT2D eigenvalue weighted by Gasteiger charge is -2.18. The van der Waals surface area contributed by atoms with Gasteiger partial charge in [0.05, 0.1) is 0 Å². The fourth-order valence-corrected chi connectivity index (χ4v) is 0.627. The van der Waals surface area contributed by atoms with Crippen molar-refractivity contribution in [1.82, 2.24) is 0 Å². The standard InChI is InChI=1S/C7H5F3/c8-7(9,10)6-4-2-1-3-5-6/h1-5H/q-1. The first kappa shape index (κ1) is 7.25. The van der Waals surface area contributed by atoms with Gasteiger partial charge in [-0.3, -0.25) is 0 Å². The molecule has 0 aliphatic heterocycles. The van der Waals surface area contributed by atoms with Crippen molar-refractivity contribution >= 4 is 0 Å². The Morgan fingerprint density at radius 2 is 2.00 bits per heavy atom. The number of alkyl halides is 3. The molecule has 0 heterocycles. The van der Waals surface area contributed by atoms with Crippen LogP contribution in [0.1, 0.15) is 0 Å². The molecule has 0 bridgehead atoms. The van der Waals surface area contributed by atoms with Gasteiger partial charge in [-0.25, -0.2) is 12.5 Å². The van der Waals surface area contributed by atoms with E-state index >= 15 is 0 Å². The summed E-state index contributed by atoms with van der Waals surface area (Å²) in [6.07, 6.45) is 2.15. The van der Waals surface area contributed by atoms with Crippen LogP contribution in [0.3, 0.4) is 0 Å². The zero-order valence-corrected chi connectivity index (χ0v) is 5.02. The molecule has 0 unspecified atom stereocenters. The first-order valence-corrected chi connectivity index (χ1v) is 2.73. The zero-order chi connectivity index (χ0) is 7.61. The molecular formula is C7H5F3-. The van der Waals surface area contributed by atoms with Crippen LogP contribution >= 0.6 is 0 Å². The van der Waals surface area contributed by atoms with E-state index in [2.05, 4.69) is 0 Å². The highest BCUT2D eigenvalue weighted by atomic mass is 19.4. The Kier molecular flexibility index (Phi) is 1.74. The third-order valence-corrected chi connectivity index (χ3v) is 1.10. The van der Waals surface area contributed by atoms with E-state index in [1.165, 1.54) is 12.5 Å². The van der Waals surface area contributed by atoms with E-state index in [0.717, 1.165) is 12.2 Å². The third kappa shape index (κ3) is 1.56. The lowest BCUT2D eigenvalue weighted by atomic mass is 10.1. The molecule has 0 spiro atoms. The number of halogens is 3. The van der Waals surface area contributed by atoms with Gasteiger partial charge in [-0.1, -0.05) is 12.0 Å². The summed E-state index contributed by atoms with van der Waals surface area (Å²) >= 11 is 0. The van der Waals surface area contributed by atoms with Gasteiger partial charge in [0, 0.05) is 0 Å². The second-order valence-electron chi connectivity index (χ2n) is 1.86. The molecule has 1 aliphatic carbocycles. The molecule has 0 fully saturated rings. The summed E-state index contributed by atoms with van der Waals surface area (Å²) in [5.41, 5.74) is -0.602. The van der Waals surface area contributed by atoms with Crippen LogP contribution in [0.5, 0.6) is 0 Å². The molecule has 0 N–H and O–H groups in total. The molecule has 0 atom stereocenters. The van der Waals surface area contributed by atoms with Gasteiger partial charge in [0.1, 0.15) is 0 Å². The van der Waals surface area contributed by atoms with Crippen LogP contribution in [0.15, 0.2) is 23.8 Å². The number of hydrogen-bond acceptors (Lipinski definition) is 0. The molecule has 0 aromatic rings. The molecule has 10 heavy (non-hydrogen) atoms. The average molecular weight is 146 g/mol. The van der Waals surface area contributed by atoms with Crippen molar-refractivity contribution in [3.63, 3.8) is 0 Å². The van der Waals surface area contributed by atoms with Gasteiger partial charge < -0.3 is 0 Å². The SMILES string of the molecule is FC(F)(F)C1=C[CH-][CH]C=C1. The number of rotatable bonds is 0. The second-order valence-corrected chi connectivity index (χ2v) is 1.86. The van der Waals surface area contributed by atoms with Crippen molar-refractivity contribution in [2.45, 2.75) is 6.18 Å². The molecule has 0 aromatic carbocycles. The minimum absolute atomic E-state index is 0.602. The van der Waals surface area contributed by atoms with Gasteiger partial charge in [0.25, 0.3) is 0 Å². The predicted octanol–water partition coefficient (Wildman–Crippen LogP) is 2.45. The number of hydrogen-bond donors (Lipinski definition) is 0. The molecule has 1 aliphatic rings. The van der Waals surface area contributed by atoms with Gasteiger partial charge in [-0.2, -0.15) is 13.2 Å².